The Balaban J connectivity index is 1.78. The Morgan fingerprint density at radius 2 is 1.00 bits per heavy atom. The van der Waals surface area contributed by atoms with Crippen LogP contribution < -0.4 is 0 Å². The number of hydrogen-bond acceptors (Lipinski definition) is 0. The van der Waals surface area contributed by atoms with Gasteiger partial charge in [-0.05, 0) is 11.8 Å². The monoisotopic (exact) mass is 138 g/mol. The van der Waals surface area contributed by atoms with Crippen LogP contribution in [0, 0.1) is 11.8 Å². The van der Waals surface area contributed by atoms with E-state index >= 15 is 0 Å². The van der Waals surface area contributed by atoms with Gasteiger partial charge in [0, 0.05) is 0 Å². The van der Waals surface area contributed by atoms with Crippen LogP contribution in [0.5, 0.6) is 0 Å². The van der Waals surface area contributed by atoms with Crippen molar-refractivity contribution in [3.8, 4) is 0 Å². The largest absolute Gasteiger partial charge is 0.0533 e. The van der Waals surface area contributed by atoms with Crippen LogP contribution in [0.1, 0.15) is 51.4 Å². The van der Waals surface area contributed by atoms with Gasteiger partial charge in [0.15, 0.2) is 0 Å². The minimum Gasteiger partial charge on any atom is -0.0533 e. The topological polar surface area (TPSA) is 0 Å². The van der Waals surface area contributed by atoms with E-state index in [-0.39, 0.29) is 0 Å². The molecule has 58 valence electrons. The van der Waals surface area contributed by atoms with E-state index in [4.69, 9.17) is 0 Å². The lowest BCUT2D eigenvalue weighted by Crippen LogP contribution is -2.23. The first-order valence-corrected chi connectivity index (χ1v) is 4.97. The molecule has 2 rings (SSSR count). The SMILES string of the molecule is C1CCC(C2CCC2)CC1. The van der Waals surface area contributed by atoms with Gasteiger partial charge < -0.3 is 0 Å². The fraction of sp³-hybridized carbons (Fsp3) is 1.00. The first-order chi connectivity index (χ1) is 4.97. The first kappa shape index (κ1) is 6.69. The van der Waals surface area contributed by atoms with Crippen LogP contribution in [0.15, 0.2) is 0 Å². The maximum Gasteiger partial charge on any atom is -0.0386 e. The van der Waals surface area contributed by atoms with Gasteiger partial charge in [-0.15, -0.1) is 0 Å². The van der Waals surface area contributed by atoms with Crippen LogP contribution in [0.4, 0.5) is 0 Å². The van der Waals surface area contributed by atoms with Crippen LogP contribution in [0.3, 0.4) is 0 Å². The van der Waals surface area contributed by atoms with Gasteiger partial charge in [0.05, 0.1) is 0 Å². The molecule has 0 unspecified atom stereocenters. The molecule has 2 saturated carbocycles. The highest BCUT2D eigenvalue weighted by Crippen LogP contribution is 2.40. The van der Waals surface area contributed by atoms with Crippen molar-refractivity contribution in [2.45, 2.75) is 51.4 Å². The summed E-state index contributed by atoms with van der Waals surface area (Å²) in [5.74, 6) is 2.32. The Morgan fingerprint density at radius 3 is 1.40 bits per heavy atom. The lowest BCUT2D eigenvalue weighted by Gasteiger charge is -2.36. The van der Waals surface area contributed by atoms with Crippen molar-refractivity contribution in [1.82, 2.24) is 0 Å². The molecule has 0 spiro atoms. The maximum absolute atomic E-state index is 1.56. The summed E-state index contributed by atoms with van der Waals surface area (Å²) in [5, 5.41) is 0. The molecule has 0 aromatic heterocycles. The summed E-state index contributed by atoms with van der Waals surface area (Å²) in [6, 6.07) is 0. The molecule has 0 saturated heterocycles. The summed E-state index contributed by atoms with van der Waals surface area (Å²) < 4.78 is 0. The molecule has 0 aliphatic heterocycles. The molecule has 0 bridgehead atoms. The molecule has 0 nitrogen and oxygen atoms in total. The van der Waals surface area contributed by atoms with E-state index in [0.29, 0.717) is 0 Å². The minimum atomic E-state index is 1.16. The molecular formula is C10H18. The lowest BCUT2D eigenvalue weighted by atomic mass is 9.70. The van der Waals surface area contributed by atoms with Crippen molar-refractivity contribution >= 4 is 0 Å². The molecule has 0 N–H and O–H groups in total. The predicted octanol–water partition coefficient (Wildman–Crippen LogP) is 3.37. The quantitative estimate of drug-likeness (QED) is 0.521. The van der Waals surface area contributed by atoms with E-state index in [2.05, 4.69) is 0 Å². The zero-order valence-electron chi connectivity index (χ0n) is 6.81. The van der Waals surface area contributed by atoms with Crippen LogP contribution >= 0.6 is 0 Å². The summed E-state index contributed by atoms with van der Waals surface area (Å²) in [6.45, 7) is 0. The molecule has 0 aromatic carbocycles. The van der Waals surface area contributed by atoms with Gasteiger partial charge in [0.1, 0.15) is 0 Å². The van der Waals surface area contributed by atoms with E-state index in [9.17, 15) is 0 Å². The van der Waals surface area contributed by atoms with Crippen molar-refractivity contribution in [2.24, 2.45) is 11.8 Å². The van der Waals surface area contributed by atoms with Gasteiger partial charge in [0.2, 0.25) is 0 Å². The molecule has 0 heteroatoms. The van der Waals surface area contributed by atoms with Gasteiger partial charge >= 0.3 is 0 Å². The number of hydrogen-bond donors (Lipinski definition) is 0. The zero-order chi connectivity index (χ0) is 6.81. The highest BCUT2D eigenvalue weighted by atomic mass is 14.3. The molecule has 0 radical (unpaired) electrons. The fourth-order valence-electron chi connectivity index (χ4n) is 2.52. The smallest absolute Gasteiger partial charge is 0.0386 e. The lowest BCUT2D eigenvalue weighted by molar-refractivity contribution is 0.162. The molecule has 0 amide bonds. The molecule has 0 aromatic rings. The Bertz CT molecular complexity index is 96.6. The predicted molar refractivity (Wildman–Crippen MR) is 43.9 cm³/mol. The van der Waals surface area contributed by atoms with Crippen LogP contribution in [0.25, 0.3) is 0 Å². The van der Waals surface area contributed by atoms with Crippen molar-refractivity contribution in [3.05, 3.63) is 0 Å². The van der Waals surface area contributed by atoms with Crippen molar-refractivity contribution in [2.75, 3.05) is 0 Å². The highest BCUT2D eigenvalue weighted by Gasteiger charge is 2.27. The average Bonchev–Trinajstić information content (AvgIpc) is 1.86. The summed E-state index contributed by atoms with van der Waals surface area (Å²) in [5.41, 5.74) is 0. The third kappa shape index (κ3) is 1.21. The van der Waals surface area contributed by atoms with Crippen LogP contribution in [0.2, 0.25) is 0 Å². The van der Waals surface area contributed by atoms with E-state index in [1.54, 1.807) is 25.7 Å². The normalized spacial score (nSPS) is 30.0. The molecule has 2 aliphatic carbocycles. The second-order valence-electron chi connectivity index (χ2n) is 4.09. The van der Waals surface area contributed by atoms with Gasteiger partial charge in [0.25, 0.3) is 0 Å². The van der Waals surface area contributed by atoms with Crippen molar-refractivity contribution in [1.29, 1.82) is 0 Å². The van der Waals surface area contributed by atoms with Gasteiger partial charge in [-0.3, -0.25) is 0 Å². The van der Waals surface area contributed by atoms with Crippen LogP contribution in [-0.4, -0.2) is 0 Å². The summed E-state index contributed by atoms with van der Waals surface area (Å²) in [6.07, 6.45) is 12.3. The third-order valence-corrected chi connectivity index (χ3v) is 3.47. The Kier molecular flexibility index (Phi) is 1.97. The first-order valence-electron chi connectivity index (χ1n) is 4.97. The Morgan fingerprint density at radius 1 is 0.500 bits per heavy atom. The second-order valence-corrected chi connectivity index (χ2v) is 4.09. The average molecular weight is 138 g/mol. The van der Waals surface area contributed by atoms with Gasteiger partial charge in [-0.1, -0.05) is 51.4 Å². The molecule has 10 heavy (non-hydrogen) atoms. The molecule has 0 atom stereocenters. The van der Waals surface area contributed by atoms with Crippen LogP contribution in [-0.2, 0) is 0 Å². The zero-order valence-corrected chi connectivity index (χ0v) is 6.81. The maximum atomic E-state index is 1.56. The third-order valence-electron chi connectivity index (χ3n) is 3.47. The molecular weight excluding hydrogens is 120 g/mol. The molecule has 0 heterocycles. The highest BCUT2D eigenvalue weighted by molar-refractivity contribution is 4.79. The van der Waals surface area contributed by atoms with Gasteiger partial charge in [-0.25, -0.2) is 0 Å². The Labute approximate surface area is 64.0 Å². The summed E-state index contributed by atoms with van der Waals surface area (Å²) in [4.78, 5) is 0. The minimum absolute atomic E-state index is 1.16. The van der Waals surface area contributed by atoms with Crippen molar-refractivity contribution < 1.29 is 0 Å². The standard InChI is InChI=1S/C10H18/c1-2-5-9(6-3-1)10-7-4-8-10/h9-10H,1-8H2. The van der Waals surface area contributed by atoms with Gasteiger partial charge in [-0.2, -0.15) is 0 Å². The second kappa shape index (κ2) is 2.94. The number of rotatable bonds is 1. The summed E-state index contributed by atoms with van der Waals surface area (Å²) >= 11 is 0. The van der Waals surface area contributed by atoms with Crippen molar-refractivity contribution in [3.63, 3.8) is 0 Å². The van der Waals surface area contributed by atoms with E-state index in [0.717, 1.165) is 5.92 Å². The molecule has 2 aliphatic rings. The Hall–Kier alpha value is 0. The molecule has 2 fully saturated rings. The van der Waals surface area contributed by atoms with E-state index in [1.807, 2.05) is 0 Å². The van der Waals surface area contributed by atoms with E-state index in [1.165, 1.54) is 31.6 Å². The summed E-state index contributed by atoms with van der Waals surface area (Å²) in [7, 11) is 0. The fourth-order valence-corrected chi connectivity index (χ4v) is 2.52. The van der Waals surface area contributed by atoms with E-state index < -0.39 is 0 Å².